The number of hydrogen-bond acceptors (Lipinski definition) is 3. The monoisotopic (exact) mass is 338 g/mol. The lowest BCUT2D eigenvalue weighted by atomic mass is 9.52. The Balaban J connectivity index is 1.51. The summed E-state index contributed by atoms with van der Waals surface area (Å²) in [7, 11) is 0. The smallest absolute Gasteiger partial charge is 0.166 e. The molecule has 7 rings (SSSR count). The van der Waals surface area contributed by atoms with Gasteiger partial charge in [0.1, 0.15) is 6.33 Å². The molecule has 5 heteroatoms. The van der Waals surface area contributed by atoms with Crippen molar-refractivity contribution >= 4 is 28.2 Å². The van der Waals surface area contributed by atoms with E-state index in [1.807, 2.05) is 22.7 Å². The molecular formula is C19H19ClN4. The van der Waals surface area contributed by atoms with Crippen molar-refractivity contribution in [3.63, 3.8) is 0 Å². The van der Waals surface area contributed by atoms with Gasteiger partial charge in [-0.3, -0.25) is 0 Å². The molecular weight excluding hydrogens is 320 g/mol. The quantitative estimate of drug-likeness (QED) is 0.657. The molecule has 4 nitrogen and oxygen atoms in total. The molecule has 0 aliphatic heterocycles. The molecule has 4 bridgehead atoms. The van der Waals surface area contributed by atoms with E-state index in [0.29, 0.717) is 5.92 Å². The summed E-state index contributed by atoms with van der Waals surface area (Å²) < 4.78 is 1.85. The molecule has 2 heterocycles. The third-order valence-corrected chi connectivity index (χ3v) is 6.91. The molecule has 4 saturated carbocycles. The Bertz CT molecular complexity index is 935. The van der Waals surface area contributed by atoms with Crippen LogP contribution < -0.4 is 0 Å². The molecule has 1 aromatic carbocycles. The molecule has 122 valence electrons. The lowest BCUT2D eigenvalue weighted by Crippen LogP contribution is -2.44. The van der Waals surface area contributed by atoms with Crippen LogP contribution in [0, 0.1) is 23.7 Å². The molecule has 0 atom stereocenters. The summed E-state index contributed by atoms with van der Waals surface area (Å²) in [4.78, 5) is 9.48. The summed E-state index contributed by atoms with van der Waals surface area (Å²) in [6.45, 7) is 0. The highest BCUT2D eigenvalue weighted by Crippen LogP contribution is 2.59. The SMILES string of the molecule is Clc1ccc2ncn3nc(C4C5CC6CC(C5)CC4C6)nc3c2c1. The molecule has 0 unspecified atom stereocenters. The van der Waals surface area contributed by atoms with E-state index < -0.39 is 0 Å². The third-order valence-electron chi connectivity index (χ3n) is 6.68. The minimum atomic E-state index is 0.548. The molecule has 0 saturated heterocycles. The molecule has 2 aromatic heterocycles. The Labute approximate surface area is 145 Å². The Morgan fingerprint density at radius 3 is 2.50 bits per heavy atom. The first-order chi connectivity index (χ1) is 11.7. The summed E-state index contributed by atoms with van der Waals surface area (Å²) in [5.41, 5.74) is 1.82. The highest BCUT2D eigenvalue weighted by molar-refractivity contribution is 6.31. The molecule has 0 amide bonds. The first-order valence-electron chi connectivity index (χ1n) is 9.05. The standard InChI is InChI=1S/C19H19ClN4/c20-14-1-2-16-15(8-14)19-22-18(23-24(19)9-21-16)17-12-4-10-3-11(6-12)7-13(17)5-10/h1-2,8-13,17H,3-7H2. The maximum Gasteiger partial charge on any atom is 0.166 e. The maximum atomic E-state index is 6.19. The van der Waals surface area contributed by atoms with E-state index in [1.54, 1.807) is 6.33 Å². The third kappa shape index (κ3) is 1.83. The van der Waals surface area contributed by atoms with E-state index in [4.69, 9.17) is 21.7 Å². The van der Waals surface area contributed by atoms with Gasteiger partial charge in [-0.2, -0.15) is 0 Å². The zero-order valence-corrected chi connectivity index (χ0v) is 14.2. The average Bonchev–Trinajstić information content (AvgIpc) is 2.98. The van der Waals surface area contributed by atoms with Crippen LogP contribution in [0.15, 0.2) is 24.5 Å². The van der Waals surface area contributed by atoms with Gasteiger partial charge in [-0.25, -0.2) is 14.5 Å². The fraction of sp³-hybridized carbons (Fsp3) is 0.526. The summed E-state index contributed by atoms with van der Waals surface area (Å²) in [5, 5.41) is 6.55. The number of fused-ring (bicyclic) bond motifs is 3. The highest BCUT2D eigenvalue weighted by atomic mass is 35.5. The van der Waals surface area contributed by atoms with Gasteiger partial charge in [0.2, 0.25) is 0 Å². The second-order valence-electron chi connectivity index (χ2n) is 8.10. The number of benzene rings is 1. The average molecular weight is 339 g/mol. The first kappa shape index (κ1) is 13.6. The Morgan fingerprint density at radius 2 is 1.75 bits per heavy atom. The van der Waals surface area contributed by atoms with Crippen LogP contribution in [0.2, 0.25) is 5.02 Å². The Kier molecular flexibility index (Phi) is 2.66. The topological polar surface area (TPSA) is 43.1 Å². The van der Waals surface area contributed by atoms with Gasteiger partial charge in [0.05, 0.1) is 5.52 Å². The van der Waals surface area contributed by atoms with Crippen molar-refractivity contribution in [1.29, 1.82) is 0 Å². The molecule has 0 N–H and O–H groups in total. The predicted molar refractivity (Wildman–Crippen MR) is 93.1 cm³/mol. The van der Waals surface area contributed by atoms with Crippen LogP contribution in [-0.4, -0.2) is 19.6 Å². The number of nitrogens with zero attached hydrogens (tertiary/aromatic N) is 4. The molecule has 0 radical (unpaired) electrons. The van der Waals surface area contributed by atoms with Crippen LogP contribution in [-0.2, 0) is 0 Å². The van der Waals surface area contributed by atoms with Crippen molar-refractivity contribution in [2.45, 2.75) is 38.0 Å². The van der Waals surface area contributed by atoms with Crippen molar-refractivity contribution in [3.8, 4) is 0 Å². The van der Waals surface area contributed by atoms with Gasteiger partial charge in [0.25, 0.3) is 0 Å². The van der Waals surface area contributed by atoms with Crippen LogP contribution in [0.5, 0.6) is 0 Å². The van der Waals surface area contributed by atoms with Crippen molar-refractivity contribution in [3.05, 3.63) is 35.4 Å². The lowest BCUT2D eigenvalue weighted by Gasteiger charge is -2.53. The molecule has 3 aromatic rings. The lowest BCUT2D eigenvalue weighted by molar-refractivity contribution is -0.00556. The van der Waals surface area contributed by atoms with E-state index >= 15 is 0 Å². The first-order valence-corrected chi connectivity index (χ1v) is 9.43. The zero-order chi connectivity index (χ0) is 15.8. The Hall–Kier alpha value is -1.68. The Morgan fingerprint density at radius 1 is 1.00 bits per heavy atom. The normalized spacial score (nSPS) is 34.5. The van der Waals surface area contributed by atoms with Crippen LogP contribution in [0.1, 0.15) is 43.8 Å². The minimum absolute atomic E-state index is 0.548. The number of halogens is 1. The van der Waals surface area contributed by atoms with Gasteiger partial charge < -0.3 is 0 Å². The number of rotatable bonds is 1. The minimum Gasteiger partial charge on any atom is -0.236 e. The fourth-order valence-corrected chi connectivity index (χ4v) is 6.18. The van der Waals surface area contributed by atoms with E-state index in [2.05, 4.69) is 4.98 Å². The van der Waals surface area contributed by atoms with Gasteiger partial charge in [0.15, 0.2) is 11.5 Å². The van der Waals surface area contributed by atoms with E-state index in [9.17, 15) is 0 Å². The summed E-state index contributed by atoms with van der Waals surface area (Å²) in [6.07, 6.45) is 8.82. The molecule has 0 spiro atoms. The van der Waals surface area contributed by atoms with Crippen molar-refractivity contribution < 1.29 is 0 Å². The van der Waals surface area contributed by atoms with Crippen LogP contribution in [0.25, 0.3) is 16.6 Å². The van der Waals surface area contributed by atoms with Crippen molar-refractivity contribution in [2.24, 2.45) is 23.7 Å². The van der Waals surface area contributed by atoms with Crippen molar-refractivity contribution in [1.82, 2.24) is 19.6 Å². The highest BCUT2D eigenvalue weighted by Gasteiger charge is 2.50. The van der Waals surface area contributed by atoms with Crippen LogP contribution >= 0.6 is 11.6 Å². The fourth-order valence-electron chi connectivity index (χ4n) is 6.01. The molecule has 24 heavy (non-hydrogen) atoms. The molecule has 4 fully saturated rings. The summed E-state index contributed by atoms with van der Waals surface area (Å²) in [6, 6.07) is 5.78. The van der Waals surface area contributed by atoms with Gasteiger partial charge in [-0.15, -0.1) is 5.10 Å². The summed E-state index contributed by atoms with van der Waals surface area (Å²) in [5.74, 6) is 5.12. The zero-order valence-electron chi connectivity index (χ0n) is 13.4. The largest absolute Gasteiger partial charge is 0.236 e. The second kappa shape index (κ2) is 4.69. The van der Waals surface area contributed by atoms with Crippen LogP contribution in [0.4, 0.5) is 0 Å². The molecule has 4 aliphatic carbocycles. The van der Waals surface area contributed by atoms with Gasteiger partial charge >= 0.3 is 0 Å². The van der Waals surface area contributed by atoms with Gasteiger partial charge in [-0.05, 0) is 74.0 Å². The van der Waals surface area contributed by atoms with Gasteiger partial charge in [0, 0.05) is 16.3 Å². The van der Waals surface area contributed by atoms with Crippen LogP contribution in [0.3, 0.4) is 0 Å². The predicted octanol–water partition coefficient (Wildman–Crippen LogP) is 4.47. The van der Waals surface area contributed by atoms with Crippen molar-refractivity contribution in [2.75, 3.05) is 0 Å². The molecule has 4 aliphatic rings. The van der Waals surface area contributed by atoms with E-state index in [-0.39, 0.29) is 0 Å². The van der Waals surface area contributed by atoms with E-state index in [1.165, 1.54) is 32.1 Å². The summed E-state index contributed by atoms with van der Waals surface area (Å²) >= 11 is 6.19. The number of hydrogen-bond donors (Lipinski definition) is 0. The van der Waals surface area contributed by atoms with Gasteiger partial charge in [-0.1, -0.05) is 11.6 Å². The maximum absolute atomic E-state index is 6.19. The van der Waals surface area contributed by atoms with E-state index in [0.717, 1.165) is 51.1 Å². The second-order valence-corrected chi connectivity index (χ2v) is 8.54. The number of aromatic nitrogens is 4.